The minimum Gasteiger partial charge on any atom is -0.337 e. The van der Waals surface area contributed by atoms with E-state index in [0.29, 0.717) is 12.1 Å². The van der Waals surface area contributed by atoms with E-state index in [1.54, 1.807) is 6.20 Å². The summed E-state index contributed by atoms with van der Waals surface area (Å²) < 4.78 is 2.79. The lowest BCUT2D eigenvalue weighted by molar-refractivity contribution is -0.119. The van der Waals surface area contributed by atoms with E-state index in [0.717, 1.165) is 27.5 Å². The summed E-state index contributed by atoms with van der Waals surface area (Å²) in [6.07, 6.45) is 2.65. The molecule has 24 heavy (non-hydrogen) atoms. The summed E-state index contributed by atoms with van der Waals surface area (Å²) in [7, 11) is 0. The van der Waals surface area contributed by atoms with Gasteiger partial charge in [-0.1, -0.05) is 34.1 Å². The fourth-order valence-electron chi connectivity index (χ4n) is 3.32. The second-order valence-corrected chi connectivity index (χ2v) is 6.78. The molecule has 0 spiro atoms. The van der Waals surface area contributed by atoms with Crippen LogP contribution in [0, 0.1) is 11.3 Å². The van der Waals surface area contributed by atoms with Crippen LogP contribution in [0.2, 0.25) is 0 Å². The molecule has 0 radical (unpaired) electrons. The van der Waals surface area contributed by atoms with E-state index in [2.05, 4.69) is 28.1 Å². The third-order valence-electron chi connectivity index (χ3n) is 4.46. The molecule has 0 aliphatic carbocycles. The van der Waals surface area contributed by atoms with Gasteiger partial charge < -0.3 is 9.47 Å². The van der Waals surface area contributed by atoms with Crippen molar-refractivity contribution in [2.45, 2.75) is 13.0 Å². The van der Waals surface area contributed by atoms with Crippen molar-refractivity contribution in [2.24, 2.45) is 0 Å². The van der Waals surface area contributed by atoms with E-state index < -0.39 is 0 Å². The Kier molecular flexibility index (Phi) is 3.62. The molecule has 1 aliphatic heterocycles. The van der Waals surface area contributed by atoms with Crippen molar-refractivity contribution >= 4 is 38.4 Å². The SMILES string of the molecule is N#Cc1cn(CC(=O)N2CCc3ccccc32)c2ccc(Br)cc12. The van der Waals surface area contributed by atoms with Gasteiger partial charge in [-0.05, 0) is 36.2 Å². The quantitative estimate of drug-likeness (QED) is 0.678. The number of fused-ring (bicyclic) bond motifs is 2. The molecule has 3 aromatic rings. The van der Waals surface area contributed by atoms with Crippen molar-refractivity contribution in [3.05, 3.63) is 64.3 Å². The van der Waals surface area contributed by atoms with Gasteiger partial charge in [0, 0.05) is 33.8 Å². The number of carbonyl (C=O) groups excluding carboxylic acids is 1. The van der Waals surface area contributed by atoms with Crippen LogP contribution >= 0.6 is 15.9 Å². The molecule has 0 bridgehead atoms. The Hall–Kier alpha value is -2.58. The van der Waals surface area contributed by atoms with E-state index >= 15 is 0 Å². The number of aromatic nitrogens is 1. The molecule has 1 aromatic heterocycles. The first-order valence-corrected chi connectivity index (χ1v) is 8.53. The lowest BCUT2D eigenvalue weighted by Crippen LogP contribution is -2.32. The lowest BCUT2D eigenvalue weighted by atomic mass is 10.2. The molecule has 1 amide bonds. The average Bonchev–Trinajstić information content (AvgIpc) is 3.16. The van der Waals surface area contributed by atoms with Crippen LogP contribution in [-0.4, -0.2) is 17.0 Å². The number of carbonyl (C=O) groups is 1. The van der Waals surface area contributed by atoms with Gasteiger partial charge in [0.25, 0.3) is 0 Å². The van der Waals surface area contributed by atoms with Crippen LogP contribution < -0.4 is 4.90 Å². The van der Waals surface area contributed by atoms with Crippen LogP contribution in [0.3, 0.4) is 0 Å². The molecule has 0 atom stereocenters. The van der Waals surface area contributed by atoms with E-state index in [1.807, 2.05) is 45.9 Å². The van der Waals surface area contributed by atoms with Crippen molar-refractivity contribution < 1.29 is 4.79 Å². The Morgan fingerprint density at radius 2 is 2.08 bits per heavy atom. The summed E-state index contributed by atoms with van der Waals surface area (Å²) in [5, 5.41) is 10.2. The third-order valence-corrected chi connectivity index (χ3v) is 4.95. The second-order valence-electron chi connectivity index (χ2n) is 5.87. The van der Waals surface area contributed by atoms with E-state index in [1.165, 1.54) is 5.56 Å². The van der Waals surface area contributed by atoms with E-state index in [4.69, 9.17) is 0 Å². The zero-order valence-corrected chi connectivity index (χ0v) is 14.5. The van der Waals surface area contributed by atoms with Crippen molar-refractivity contribution in [3.8, 4) is 6.07 Å². The Morgan fingerprint density at radius 1 is 1.25 bits per heavy atom. The van der Waals surface area contributed by atoms with Crippen LogP contribution in [0.15, 0.2) is 53.1 Å². The van der Waals surface area contributed by atoms with Gasteiger partial charge in [0.1, 0.15) is 12.6 Å². The third kappa shape index (κ3) is 2.40. The number of para-hydroxylation sites is 1. The Balaban J connectivity index is 1.68. The summed E-state index contributed by atoms with van der Waals surface area (Å²) >= 11 is 3.43. The van der Waals surface area contributed by atoms with Crippen LogP contribution in [0.25, 0.3) is 10.9 Å². The highest BCUT2D eigenvalue weighted by Crippen LogP contribution is 2.29. The summed E-state index contributed by atoms with van der Waals surface area (Å²) in [5.74, 6) is 0.0456. The van der Waals surface area contributed by atoms with Gasteiger partial charge in [0.2, 0.25) is 5.91 Å². The van der Waals surface area contributed by atoms with Crippen molar-refractivity contribution in [1.29, 1.82) is 5.26 Å². The highest BCUT2D eigenvalue weighted by Gasteiger charge is 2.24. The van der Waals surface area contributed by atoms with Gasteiger partial charge in [0.15, 0.2) is 0 Å². The summed E-state index contributed by atoms with van der Waals surface area (Å²) in [5.41, 5.74) is 3.70. The van der Waals surface area contributed by atoms with Crippen molar-refractivity contribution in [2.75, 3.05) is 11.4 Å². The molecule has 1 aliphatic rings. The van der Waals surface area contributed by atoms with Crippen LogP contribution in [0.1, 0.15) is 11.1 Å². The molecule has 0 unspecified atom stereocenters. The van der Waals surface area contributed by atoms with Crippen molar-refractivity contribution in [1.82, 2.24) is 4.57 Å². The molecule has 0 fully saturated rings. The Labute approximate surface area is 148 Å². The van der Waals surface area contributed by atoms with Crippen LogP contribution in [0.5, 0.6) is 0 Å². The first-order valence-electron chi connectivity index (χ1n) is 7.74. The maximum absolute atomic E-state index is 12.8. The number of hydrogen-bond acceptors (Lipinski definition) is 2. The summed E-state index contributed by atoms with van der Waals surface area (Å²) in [4.78, 5) is 14.6. The maximum atomic E-state index is 12.8. The molecular weight excluding hydrogens is 366 g/mol. The monoisotopic (exact) mass is 379 g/mol. The number of anilines is 1. The summed E-state index contributed by atoms with van der Waals surface area (Å²) in [6, 6.07) is 16.0. The number of hydrogen-bond donors (Lipinski definition) is 0. The smallest absolute Gasteiger partial charge is 0.246 e. The topological polar surface area (TPSA) is 49.0 Å². The van der Waals surface area contributed by atoms with Crippen LogP contribution in [-0.2, 0) is 17.8 Å². The van der Waals surface area contributed by atoms with E-state index in [9.17, 15) is 10.1 Å². The summed E-state index contributed by atoms with van der Waals surface area (Å²) in [6.45, 7) is 0.947. The number of nitriles is 1. The number of amides is 1. The largest absolute Gasteiger partial charge is 0.337 e. The molecule has 5 heteroatoms. The highest BCUT2D eigenvalue weighted by atomic mass is 79.9. The average molecular weight is 380 g/mol. The second kappa shape index (κ2) is 5.81. The molecule has 4 rings (SSSR count). The number of nitrogens with zero attached hydrogens (tertiary/aromatic N) is 3. The number of halogens is 1. The van der Waals surface area contributed by atoms with Gasteiger partial charge in [-0.15, -0.1) is 0 Å². The first kappa shape index (κ1) is 15.0. The van der Waals surface area contributed by atoms with Gasteiger partial charge >= 0.3 is 0 Å². The molecular formula is C19H14BrN3O. The molecule has 0 saturated heterocycles. The first-order chi connectivity index (χ1) is 11.7. The zero-order chi connectivity index (χ0) is 16.7. The van der Waals surface area contributed by atoms with Crippen molar-refractivity contribution in [3.63, 3.8) is 0 Å². The van der Waals surface area contributed by atoms with Gasteiger partial charge in [-0.25, -0.2) is 0 Å². The fourth-order valence-corrected chi connectivity index (χ4v) is 3.68. The molecule has 0 N–H and O–H groups in total. The normalized spacial score (nSPS) is 13.1. The Morgan fingerprint density at radius 3 is 2.92 bits per heavy atom. The van der Waals surface area contributed by atoms with E-state index in [-0.39, 0.29) is 12.5 Å². The highest BCUT2D eigenvalue weighted by molar-refractivity contribution is 9.10. The molecule has 2 heterocycles. The van der Waals surface area contributed by atoms with Gasteiger partial charge in [-0.2, -0.15) is 5.26 Å². The minimum absolute atomic E-state index is 0.0456. The number of benzene rings is 2. The predicted octanol–water partition coefficient (Wildman–Crippen LogP) is 3.86. The lowest BCUT2D eigenvalue weighted by Gasteiger charge is -2.18. The molecule has 4 nitrogen and oxygen atoms in total. The molecule has 2 aromatic carbocycles. The van der Waals surface area contributed by atoms with Gasteiger partial charge in [0.05, 0.1) is 5.56 Å². The molecule has 118 valence electrons. The Bertz CT molecular complexity index is 1000. The maximum Gasteiger partial charge on any atom is 0.246 e. The number of rotatable bonds is 2. The molecule has 0 saturated carbocycles. The van der Waals surface area contributed by atoms with Gasteiger partial charge in [-0.3, -0.25) is 4.79 Å². The minimum atomic E-state index is 0.0456. The predicted molar refractivity (Wildman–Crippen MR) is 96.9 cm³/mol. The standard InChI is InChI=1S/C19H14BrN3O/c20-15-5-6-18-16(9-15)14(10-21)11-22(18)12-19(24)23-8-7-13-3-1-2-4-17(13)23/h1-6,9,11H,7-8,12H2. The fraction of sp³-hybridized carbons (Fsp3) is 0.158. The van der Waals surface area contributed by atoms with Crippen LogP contribution in [0.4, 0.5) is 5.69 Å². The zero-order valence-electron chi connectivity index (χ0n) is 12.9.